The van der Waals surface area contributed by atoms with Crippen molar-refractivity contribution < 1.29 is 9.90 Å². The third-order valence-corrected chi connectivity index (χ3v) is 1.79. The highest BCUT2D eigenvalue weighted by Gasteiger charge is 2.15. The molecule has 0 saturated heterocycles. The van der Waals surface area contributed by atoms with Crippen molar-refractivity contribution in [1.82, 2.24) is 0 Å². The first-order chi connectivity index (χ1) is 5.26. The van der Waals surface area contributed by atoms with E-state index in [4.69, 9.17) is 0 Å². The van der Waals surface area contributed by atoms with Gasteiger partial charge in [-0.15, -0.1) is 0 Å². The topological polar surface area (TPSA) is 37.0 Å². The fraction of sp³-hybridized carbons (Fsp3) is 0.889. The number of carbonyl (C=O) groups is 1. The van der Waals surface area contributed by atoms with E-state index in [0.29, 0.717) is 6.42 Å². The second-order valence-corrected chi connectivity index (χ2v) is 2.87. The average Bonchev–Trinajstić information content (AvgIpc) is 2.00. The first-order valence-corrected chi connectivity index (χ1v) is 4.37. The van der Waals surface area contributed by atoms with Crippen LogP contribution in [0, 0.1) is 5.92 Å². The van der Waals surface area contributed by atoms with Gasteiger partial charge < -0.3 is 0 Å². The Balaban J connectivity index is 3.71. The lowest BCUT2D eigenvalue weighted by Crippen LogP contribution is -2.17. The van der Waals surface area contributed by atoms with E-state index in [2.05, 4.69) is 0 Å². The molecule has 0 aromatic carbocycles. The standard InChI is InChI=1S/C9H17O2/c1-3-5-8(7-10)9(11)6-4-2/h8H,3-7H2,1-2H3. The van der Waals surface area contributed by atoms with Crippen LogP contribution < -0.4 is 0 Å². The molecule has 0 aliphatic heterocycles. The molecule has 0 N–H and O–H groups in total. The number of ketones is 1. The van der Waals surface area contributed by atoms with Gasteiger partial charge in [0, 0.05) is 12.3 Å². The van der Waals surface area contributed by atoms with E-state index in [-0.39, 0.29) is 18.3 Å². The molecule has 2 heteroatoms. The monoisotopic (exact) mass is 157 g/mol. The first-order valence-electron chi connectivity index (χ1n) is 4.37. The Morgan fingerprint density at radius 1 is 1.27 bits per heavy atom. The fourth-order valence-corrected chi connectivity index (χ4v) is 1.14. The Morgan fingerprint density at radius 3 is 2.27 bits per heavy atom. The van der Waals surface area contributed by atoms with Gasteiger partial charge in [0.1, 0.15) is 5.78 Å². The molecule has 0 amide bonds. The number of hydrogen-bond acceptors (Lipinski definition) is 1. The van der Waals surface area contributed by atoms with E-state index in [0.717, 1.165) is 19.3 Å². The summed E-state index contributed by atoms with van der Waals surface area (Å²) in [5, 5.41) is 10.5. The molecule has 1 atom stereocenters. The largest absolute Gasteiger partial charge is 0.299 e. The lowest BCUT2D eigenvalue weighted by molar-refractivity contribution is -0.125. The van der Waals surface area contributed by atoms with Gasteiger partial charge in [-0.25, -0.2) is 5.11 Å². The number of hydrogen-bond donors (Lipinski definition) is 0. The summed E-state index contributed by atoms with van der Waals surface area (Å²) in [5.41, 5.74) is 0. The van der Waals surface area contributed by atoms with Gasteiger partial charge in [0.05, 0.1) is 6.61 Å². The van der Waals surface area contributed by atoms with Crippen LogP contribution in [0.3, 0.4) is 0 Å². The molecule has 0 bridgehead atoms. The van der Waals surface area contributed by atoms with E-state index in [1.165, 1.54) is 0 Å². The lowest BCUT2D eigenvalue weighted by atomic mass is 9.97. The van der Waals surface area contributed by atoms with E-state index >= 15 is 0 Å². The van der Waals surface area contributed by atoms with E-state index < -0.39 is 0 Å². The third-order valence-electron chi connectivity index (χ3n) is 1.79. The molecule has 1 unspecified atom stereocenters. The highest BCUT2D eigenvalue weighted by molar-refractivity contribution is 5.80. The maximum atomic E-state index is 11.2. The molecule has 0 aromatic heterocycles. The molecule has 0 spiro atoms. The van der Waals surface area contributed by atoms with Crippen molar-refractivity contribution >= 4 is 5.78 Å². The Kier molecular flexibility index (Phi) is 6.13. The summed E-state index contributed by atoms with van der Waals surface area (Å²) in [6.07, 6.45) is 3.14. The predicted octanol–water partition coefficient (Wildman–Crippen LogP) is 2.20. The molecule has 65 valence electrons. The van der Waals surface area contributed by atoms with Gasteiger partial charge >= 0.3 is 0 Å². The minimum atomic E-state index is -0.229. The summed E-state index contributed by atoms with van der Waals surface area (Å²) < 4.78 is 0. The zero-order valence-electron chi connectivity index (χ0n) is 7.43. The zero-order valence-corrected chi connectivity index (χ0v) is 7.43. The van der Waals surface area contributed by atoms with Crippen LogP contribution in [0.1, 0.15) is 39.5 Å². The maximum Gasteiger partial charge on any atom is 0.138 e. The Labute approximate surface area is 68.6 Å². The summed E-state index contributed by atoms with van der Waals surface area (Å²) >= 11 is 0. The average molecular weight is 157 g/mol. The minimum Gasteiger partial charge on any atom is -0.299 e. The molecule has 0 rings (SSSR count). The van der Waals surface area contributed by atoms with Gasteiger partial charge in [-0.3, -0.25) is 4.79 Å². The van der Waals surface area contributed by atoms with Crippen molar-refractivity contribution in [3.05, 3.63) is 0 Å². The van der Waals surface area contributed by atoms with E-state index in [1.807, 2.05) is 13.8 Å². The number of rotatable bonds is 6. The highest BCUT2D eigenvalue weighted by Crippen LogP contribution is 2.10. The van der Waals surface area contributed by atoms with Gasteiger partial charge in [0.2, 0.25) is 0 Å². The van der Waals surface area contributed by atoms with Gasteiger partial charge in [-0.2, -0.15) is 0 Å². The summed E-state index contributed by atoms with van der Waals surface area (Å²) in [6.45, 7) is 3.74. The zero-order chi connectivity index (χ0) is 8.69. The van der Waals surface area contributed by atoms with Crippen molar-refractivity contribution in [2.45, 2.75) is 39.5 Å². The van der Waals surface area contributed by atoms with Crippen molar-refractivity contribution in [1.29, 1.82) is 0 Å². The Bertz CT molecular complexity index is 110. The molecule has 2 nitrogen and oxygen atoms in total. The first kappa shape index (κ1) is 10.6. The van der Waals surface area contributed by atoms with Crippen LogP contribution >= 0.6 is 0 Å². The molecule has 0 saturated carbocycles. The number of Topliss-reactive ketones (excluding diaryl/α,β-unsaturated/α-hetero) is 1. The molecule has 0 fully saturated rings. The number of carbonyl (C=O) groups excluding carboxylic acids is 1. The van der Waals surface area contributed by atoms with Crippen molar-refractivity contribution in [2.75, 3.05) is 6.61 Å². The predicted molar refractivity (Wildman–Crippen MR) is 43.9 cm³/mol. The van der Waals surface area contributed by atoms with Crippen LogP contribution in [0.5, 0.6) is 0 Å². The SMILES string of the molecule is CCCC(=O)C(C[O])CCC. The molecule has 0 heterocycles. The van der Waals surface area contributed by atoms with Crippen LogP contribution in [-0.2, 0) is 9.90 Å². The van der Waals surface area contributed by atoms with E-state index in [9.17, 15) is 9.90 Å². The fourth-order valence-electron chi connectivity index (χ4n) is 1.14. The maximum absolute atomic E-state index is 11.2. The van der Waals surface area contributed by atoms with Gasteiger partial charge in [-0.1, -0.05) is 20.3 Å². The van der Waals surface area contributed by atoms with Crippen LogP contribution in [0.4, 0.5) is 0 Å². The van der Waals surface area contributed by atoms with Crippen LogP contribution in [0.25, 0.3) is 0 Å². The summed E-state index contributed by atoms with van der Waals surface area (Å²) in [5.74, 6) is -0.0516. The smallest absolute Gasteiger partial charge is 0.138 e. The quantitative estimate of drug-likeness (QED) is 0.582. The summed E-state index contributed by atoms with van der Waals surface area (Å²) in [7, 11) is 0. The van der Waals surface area contributed by atoms with Crippen LogP contribution in [-0.4, -0.2) is 12.4 Å². The second kappa shape index (κ2) is 6.35. The molecular formula is C9H17O2. The van der Waals surface area contributed by atoms with E-state index in [1.54, 1.807) is 0 Å². The second-order valence-electron chi connectivity index (χ2n) is 2.87. The molecule has 11 heavy (non-hydrogen) atoms. The van der Waals surface area contributed by atoms with Crippen LogP contribution in [0.15, 0.2) is 0 Å². The molecule has 0 aliphatic carbocycles. The van der Waals surface area contributed by atoms with Gasteiger partial charge in [0.15, 0.2) is 0 Å². The summed E-state index contributed by atoms with van der Waals surface area (Å²) in [4.78, 5) is 11.2. The molecule has 1 radical (unpaired) electrons. The van der Waals surface area contributed by atoms with Crippen LogP contribution in [0.2, 0.25) is 0 Å². The Morgan fingerprint density at radius 2 is 1.91 bits per heavy atom. The molecule has 0 aliphatic rings. The molecule has 0 aromatic rings. The van der Waals surface area contributed by atoms with Crippen molar-refractivity contribution in [3.63, 3.8) is 0 Å². The van der Waals surface area contributed by atoms with Gasteiger partial charge in [-0.05, 0) is 12.8 Å². The molecular weight excluding hydrogens is 140 g/mol. The van der Waals surface area contributed by atoms with Gasteiger partial charge in [0.25, 0.3) is 0 Å². The normalized spacial score (nSPS) is 13.0. The third kappa shape index (κ3) is 4.14. The van der Waals surface area contributed by atoms with Crippen molar-refractivity contribution in [3.8, 4) is 0 Å². The Hall–Kier alpha value is -0.370. The lowest BCUT2D eigenvalue weighted by Gasteiger charge is -2.08. The van der Waals surface area contributed by atoms with Crippen molar-refractivity contribution in [2.24, 2.45) is 5.92 Å². The minimum absolute atomic E-state index is 0.157. The summed E-state index contributed by atoms with van der Waals surface area (Å²) in [6, 6.07) is 0. The highest BCUT2D eigenvalue weighted by atomic mass is 16.3.